The first-order valence-corrected chi connectivity index (χ1v) is 13.3. The number of aliphatic carboxylic acids is 1. The van der Waals surface area contributed by atoms with Crippen molar-refractivity contribution in [3.8, 4) is 0 Å². The van der Waals surface area contributed by atoms with Gasteiger partial charge in [0.2, 0.25) is 11.8 Å². The maximum Gasteiger partial charge on any atom is 0.416 e. The fourth-order valence-electron chi connectivity index (χ4n) is 5.39. The summed E-state index contributed by atoms with van der Waals surface area (Å²) in [5.41, 5.74) is -0.00503. The van der Waals surface area contributed by atoms with Crippen LogP contribution in [0.25, 0.3) is 0 Å². The van der Waals surface area contributed by atoms with Crippen molar-refractivity contribution in [1.29, 1.82) is 0 Å². The molecule has 3 unspecified atom stereocenters. The molecule has 0 aromatic heterocycles. The Morgan fingerprint density at radius 3 is 2.35 bits per heavy atom. The molecule has 2 aromatic carbocycles. The number of hydrogen-bond donors (Lipinski definition) is 2. The van der Waals surface area contributed by atoms with Gasteiger partial charge in [-0.3, -0.25) is 9.59 Å². The molecular weight excluding hydrogens is 551 g/mol. The first-order chi connectivity index (χ1) is 18.9. The molecule has 2 fully saturated rings. The molecule has 4 rings (SSSR count). The van der Waals surface area contributed by atoms with Crippen molar-refractivity contribution in [2.24, 2.45) is 11.8 Å². The molecule has 0 spiro atoms. The number of carbonyl (C=O) groups excluding carboxylic acids is 3. The number of hydrogen-bond acceptors (Lipinski definition) is 5. The van der Waals surface area contributed by atoms with E-state index in [0.717, 1.165) is 12.1 Å². The van der Waals surface area contributed by atoms with E-state index < -0.39 is 47.5 Å². The van der Waals surface area contributed by atoms with Gasteiger partial charge in [0, 0.05) is 24.0 Å². The zero-order chi connectivity index (χ0) is 29.2. The van der Waals surface area contributed by atoms with Crippen LogP contribution < -0.4 is 10.2 Å². The van der Waals surface area contributed by atoms with Crippen LogP contribution in [0.5, 0.6) is 0 Å². The van der Waals surface area contributed by atoms with Gasteiger partial charge >= 0.3 is 12.1 Å². The second kappa shape index (κ2) is 11.9. The molecule has 40 heavy (non-hydrogen) atoms. The van der Waals surface area contributed by atoms with Crippen LogP contribution >= 0.6 is 11.6 Å². The first kappa shape index (κ1) is 29.4. The molecule has 2 saturated heterocycles. The lowest BCUT2D eigenvalue weighted by Gasteiger charge is -2.38. The summed E-state index contributed by atoms with van der Waals surface area (Å²) in [5, 5.41) is 12.7. The number of nitrogens with zero attached hydrogens (tertiary/aromatic N) is 2. The second-order valence-electron chi connectivity index (χ2n) is 10.1. The van der Waals surface area contributed by atoms with Crippen LogP contribution in [0.1, 0.15) is 49.8 Å². The molecular formula is C28H29ClF3N3O5. The van der Waals surface area contributed by atoms with Crippen LogP contribution in [0.3, 0.4) is 0 Å². The van der Waals surface area contributed by atoms with Gasteiger partial charge < -0.3 is 25.0 Å². The highest BCUT2D eigenvalue weighted by Gasteiger charge is 2.44. The number of rotatable bonds is 7. The lowest BCUT2D eigenvalue weighted by atomic mass is 9.93. The molecule has 214 valence electrons. The molecule has 12 heteroatoms. The molecule has 0 aliphatic carbocycles. The van der Waals surface area contributed by atoms with E-state index in [1.165, 1.54) is 17.9 Å². The van der Waals surface area contributed by atoms with Crippen molar-refractivity contribution in [3.05, 3.63) is 58.6 Å². The highest BCUT2D eigenvalue weighted by atomic mass is 35.5. The van der Waals surface area contributed by atoms with E-state index in [0.29, 0.717) is 48.2 Å². The molecule has 0 radical (unpaired) electrons. The average Bonchev–Trinajstić information content (AvgIpc) is 3.37. The molecule has 0 bridgehead atoms. The summed E-state index contributed by atoms with van der Waals surface area (Å²) in [6.07, 6.45) is -2.82. The number of anilines is 2. The summed E-state index contributed by atoms with van der Waals surface area (Å²) < 4.78 is 40.2. The van der Waals surface area contributed by atoms with Gasteiger partial charge in [-0.25, -0.2) is 4.79 Å². The van der Waals surface area contributed by atoms with Crippen molar-refractivity contribution in [2.45, 2.75) is 50.9 Å². The van der Waals surface area contributed by atoms with Gasteiger partial charge in [0.15, 0.2) is 0 Å². The number of halogens is 4. The third kappa shape index (κ3) is 6.09. The normalized spacial score (nSPS) is 20.7. The zero-order valence-corrected chi connectivity index (χ0v) is 22.4. The molecule has 2 aromatic rings. The fourth-order valence-corrected chi connectivity index (χ4v) is 5.65. The summed E-state index contributed by atoms with van der Waals surface area (Å²) in [4.78, 5) is 52.3. The topological polar surface area (TPSA) is 107 Å². The van der Waals surface area contributed by atoms with E-state index in [4.69, 9.17) is 11.6 Å². The number of aldehydes is 1. The summed E-state index contributed by atoms with van der Waals surface area (Å²) in [6.45, 7) is 1.91. The molecule has 2 aliphatic heterocycles. The number of carbonyl (C=O) groups is 4. The minimum absolute atomic E-state index is 0.0810. The van der Waals surface area contributed by atoms with Gasteiger partial charge in [0.25, 0.3) is 0 Å². The van der Waals surface area contributed by atoms with Gasteiger partial charge in [-0.2, -0.15) is 13.2 Å². The Hall–Kier alpha value is -3.60. The molecule has 2 heterocycles. The van der Waals surface area contributed by atoms with Crippen LogP contribution in [0, 0.1) is 11.8 Å². The van der Waals surface area contributed by atoms with E-state index in [1.807, 2.05) is 0 Å². The Kier molecular flexibility index (Phi) is 8.72. The smallest absolute Gasteiger partial charge is 0.416 e. The predicted octanol–water partition coefficient (Wildman–Crippen LogP) is 5.17. The average molecular weight is 580 g/mol. The standard InChI is InChI=1S/C28H29ClF3N3O5/c1-16(15-36)25(37)33-21-14-18(28(30,31)32)6-7-23(21)34-12-10-17(11-13-34)26(38)35-22(8-9-24(35)27(39)40)19-4-2-3-5-20(19)29/h2-7,14-17,22,24H,8-13H2,1H3,(H,33,37)(H,39,40). The van der Waals surface area contributed by atoms with E-state index in [2.05, 4.69) is 5.32 Å². The Morgan fingerprint density at radius 1 is 1.07 bits per heavy atom. The Bertz CT molecular complexity index is 1300. The van der Waals surface area contributed by atoms with Crippen molar-refractivity contribution in [1.82, 2.24) is 4.90 Å². The van der Waals surface area contributed by atoms with E-state index in [1.54, 1.807) is 29.2 Å². The lowest BCUT2D eigenvalue weighted by Crippen LogP contribution is -2.47. The van der Waals surface area contributed by atoms with Crippen LogP contribution in [0.2, 0.25) is 5.02 Å². The number of likely N-dealkylation sites (tertiary alicyclic amines) is 1. The minimum Gasteiger partial charge on any atom is -0.480 e. The van der Waals surface area contributed by atoms with Gasteiger partial charge in [0.05, 0.1) is 28.9 Å². The van der Waals surface area contributed by atoms with Crippen molar-refractivity contribution in [2.75, 3.05) is 23.3 Å². The maximum absolute atomic E-state index is 13.7. The van der Waals surface area contributed by atoms with Crippen molar-refractivity contribution in [3.63, 3.8) is 0 Å². The minimum atomic E-state index is -4.64. The third-order valence-corrected chi connectivity index (χ3v) is 7.92. The Balaban J connectivity index is 1.54. The van der Waals surface area contributed by atoms with Gasteiger partial charge in [0.1, 0.15) is 12.3 Å². The number of piperidine rings is 1. The van der Waals surface area contributed by atoms with E-state index in [-0.39, 0.29) is 24.7 Å². The van der Waals surface area contributed by atoms with Gasteiger partial charge in [-0.05, 0) is 62.4 Å². The maximum atomic E-state index is 13.7. The number of benzene rings is 2. The molecule has 2 N–H and O–H groups in total. The SMILES string of the molecule is CC(C=O)C(=O)Nc1cc(C(F)(F)F)ccc1N1CCC(C(=O)N2C(C(=O)O)CCC2c2ccccc2Cl)CC1. The number of amides is 2. The number of alkyl halides is 3. The Morgan fingerprint density at radius 2 is 1.75 bits per heavy atom. The highest BCUT2D eigenvalue weighted by molar-refractivity contribution is 6.31. The number of carboxylic acids is 1. The summed E-state index contributed by atoms with van der Waals surface area (Å²) >= 11 is 6.38. The van der Waals surface area contributed by atoms with Crippen molar-refractivity contribution >= 4 is 47.0 Å². The molecule has 8 nitrogen and oxygen atoms in total. The van der Waals surface area contributed by atoms with Crippen LogP contribution in [0.4, 0.5) is 24.5 Å². The first-order valence-electron chi connectivity index (χ1n) is 12.9. The van der Waals surface area contributed by atoms with Gasteiger partial charge in [-0.15, -0.1) is 0 Å². The van der Waals surface area contributed by atoms with Crippen molar-refractivity contribution < 1.29 is 37.5 Å². The van der Waals surface area contributed by atoms with E-state index >= 15 is 0 Å². The summed E-state index contributed by atoms with van der Waals surface area (Å²) in [7, 11) is 0. The predicted molar refractivity (Wildman–Crippen MR) is 142 cm³/mol. The number of carboxylic acid groups (broad SMARTS) is 1. The monoisotopic (exact) mass is 579 g/mol. The Labute approximate surface area is 234 Å². The summed E-state index contributed by atoms with van der Waals surface area (Å²) in [6, 6.07) is 8.58. The quantitative estimate of drug-likeness (QED) is 0.346. The fraction of sp³-hybridized carbons (Fsp3) is 0.429. The molecule has 0 saturated carbocycles. The third-order valence-electron chi connectivity index (χ3n) is 7.57. The lowest BCUT2D eigenvalue weighted by molar-refractivity contribution is -0.152. The highest BCUT2D eigenvalue weighted by Crippen LogP contribution is 2.42. The molecule has 2 aliphatic rings. The zero-order valence-electron chi connectivity index (χ0n) is 21.7. The second-order valence-corrected chi connectivity index (χ2v) is 10.5. The van der Waals surface area contributed by atoms with E-state index in [9.17, 15) is 37.5 Å². The van der Waals surface area contributed by atoms with Gasteiger partial charge in [-0.1, -0.05) is 29.8 Å². The van der Waals surface area contributed by atoms with Crippen LogP contribution in [0.15, 0.2) is 42.5 Å². The number of nitrogens with one attached hydrogen (secondary N) is 1. The molecule has 2 amide bonds. The van der Waals surface area contributed by atoms with Crippen LogP contribution in [-0.2, 0) is 25.4 Å². The molecule has 3 atom stereocenters. The largest absolute Gasteiger partial charge is 0.480 e. The summed E-state index contributed by atoms with van der Waals surface area (Å²) in [5.74, 6) is -3.67. The van der Waals surface area contributed by atoms with Crippen LogP contribution in [-0.4, -0.2) is 53.2 Å².